The quantitative estimate of drug-likeness (QED) is 0.668. The van der Waals surface area contributed by atoms with E-state index in [1.54, 1.807) is 11.3 Å². The summed E-state index contributed by atoms with van der Waals surface area (Å²) in [6.45, 7) is 14.1. The largest absolute Gasteiger partial charge is 0.507 e. The predicted octanol–water partition coefficient (Wildman–Crippen LogP) is 5.50. The van der Waals surface area contributed by atoms with E-state index in [-0.39, 0.29) is 23.2 Å². The molecule has 1 saturated heterocycles. The van der Waals surface area contributed by atoms with Crippen LogP contribution in [0.2, 0.25) is 0 Å². The summed E-state index contributed by atoms with van der Waals surface area (Å²) in [6.07, 6.45) is 1.60. The van der Waals surface area contributed by atoms with Crippen molar-refractivity contribution in [3.8, 4) is 17.0 Å². The Labute approximate surface area is 178 Å². The molecule has 1 fully saturated rings. The van der Waals surface area contributed by atoms with E-state index in [4.69, 9.17) is 15.5 Å². The van der Waals surface area contributed by atoms with E-state index in [9.17, 15) is 5.11 Å². The van der Waals surface area contributed by atoms with Crippen LogP contribution >= 0.6 is 23.7 Å². The summed E-state index contributed by atoms with van der Waals surface area (Å²) >= 11 is 1.63. The van der Waals surface area contributed by atoms with Crippen LogP contribution in [0.15, 0.2) is 17.5 Å². The smallest absolute Gasteiger partial charge is 0.123 e. The molecule has 0 radical (unpaired) electrons. The van der Waals surface area contributed by atoms with E-state index in [1.807, 2.05) is 0 Å². The van der Waals surface area contributed by atoms with Crippen molar-refractivity contribution in [2.75, 3.05) is 13.2 Å². The zero-order valence-electron chi connectivity index (χ0n) is 17.8. The first-order chi connectivity index (χ1) is 12.4. The normalized spacial score (nSPS) is 17.2. The molecule has 0 atom stereocenters. The number of ether oxygens (including phenoxy) is 1. The molecule has 0 aliphatic carbocycles. The van der Waals surface area contributed by atoms with E-state index < -0.39 is 5.54 Å². The molecule has 2 aromatic rings. The average molecular weight is 425 g/mol. The van der Waals surface area contributed by atoms with Gasteiger partial charge in [0.1, 0.15) is 10.8 Å². The van der Waals surface area contributed by atoms with Gasteiger partial charge in [0.15, 0.2) is 0 Å². The molecular weight excluding hydrogens is 392 g/mol. The molecule has 3 rings (SSSR count). The molecular formula is C22H33ClN2O2S. The van der Waals surface area contributed by atoms with Crippen molar-refractivity contribution in [2.45, 2.75) is 70.8 Å². The van der Waals surface area contributed by atoms with Crippen molar-refractivity contribution in [1.82, 2.24) is 4.98 Å². The Bertz CT molecular complexity index is 793. The maximum atomic E-state index is 10.9. The van der Waals surface area contributed by atoms with E-state index in [2.05, 4.69) is 59.1 Å². The maximum absolute atomic E-state index is 10.9. The van der Waals surface area contributed by atoms with Crippen molar-refractivity contribution in [2.24, 2.45) is 5.73 Å². The van der Waals surface area contributed by atoms with Crippen LogP contribution in [0.25, 0.3) is 11.3 Å². The van der Waals surface area contributed by atoms with Crippen LogP contribution in [0.5, 0.6) is 5.75 Å². The number of phenols is 1. The van der Waals surface area contributed by atoms with Crippen molar-refractivity contribution in [1.29, 1.82) is 0 Å². The maximum Gasteiger partial charge on any atom is 0.123 e. The summed E-state index contributed by atoms with van der Waals surface area (Å²) in [6, 6.07) is 4.16. The third-order valence-corrected chi connectivity index (χ3v) is 6.40. The molecule has 1 aromatic heterocycles. The number of nitrogens with two attached hydrogens (primary N) is 1. The van der Waals surface area contributed by atoms with Gasteiger partial charge in [0.2, 0.25) is 0 Å². The summed E-state index contributed by atoms with van der Waals surface area (Å²) in [7, 11) is 0. The molecule has 1 aliphatic heterocycles. The molecule has 3 N–H and O–H groups in total. The lowest BCUT2D eigenvalue weighted by molar-refractivity contribution is 0.0522. The van der Waals surface area contributed by atoms with Crippen molar-refractivity contribution >= 4 is 23.7 Å². The molecule has 0 amide bonds. The van der Waals surface area contributed by atoms with Crippen molar-refractivity contribution < 1.29 is 9.84 Å². The Morgan fingerprint density at radius 3 is 2.00 bits per heavy atom. The number of thiazole rings is 1. The second-order valence-corrected chi connectivity index (χ2v) is 10.6. The summed E-state index contributed by atoms with van der Waals surface area (Å²) in [5.74, 6) is 0.397. The summed E-state index contributed by atoms with van der Waals surface area (Å²) < 4.78 is 5.47. The topological polar surface area (TPSA) is 68.4 Å². The van der Waals surface area contributed by atoms with E-state index in [0.29, 0.717) is 19.0 Å². The molecule has 28 heavy (non-hydrogen) atoms. The highest BCUT2D eigenvalue weighted by atomic mass is 35.5. The summed E-state index contributed by atoms with van der Waals surface area (Å²) in [4.78, 5) is 4.91. The number of rotatable bonds is 2. The highest BCUT2D eigenvalue weighted by Crippen LogP contribution is 2.42. The number of aromatic hydroxyl groups is 1. The lowest BCUT2D eigenvalue weighted by Gasteiger charge is -2.31. The molecule has 0 saturated carbocycles. The minimum Gasteiger partial charge on any atom is -0.507 e. The van der Waals surface area contributed by atoms with Gasteiger partial charge in [0.25, 0.3) is 0 Å². The van der Waals surface area contributed by atoms with Gasteiger partial charge in [-0.05, 0) is 35.8 Å². The average Bonchev–Trinajstić information content (AvgIpc) is 3.04. The summed E-state index contributed by atoms with van der Waals surface area (Å²) in [5.41, 5.74) is 9.79. The fourth-order valence-electron chi connectivity index (χ4n) is 3.51. The second kappa shape index (κ2) is 7.94. The van der Waals surface area contributed by atoms with Crippen LogP contribution in [0.4, 0.5) is 0 Å². The molecule has 2 heterocycles. The Morgan fingerprint density at radius 2 is 1.54 bits per heavy atom. The number of aromatic nitrogens is 1. The highest BCUT2D eigenvalue weighted by Gasteiger charge is 2.33. The van der Waals surface area contributed by atoms with Crippen LogP contribution in [0.1, 0.15) is 70.5 Å². The SMILES string of the molecule is CC(C)(C)c1cc(-c2csc(C3(N)CCOCC3)n2)cc(C(C)(C)C)c1O.Cl. The van der Waals surface area contributed by atoms with Crippen LogP contribution in [0, 0.1) is 0 Å². The zero-order chi connectivity index (χ0) is 20.0. The molecule has 1 aromatic carbocycles. The van der Waals surface area contributed by atoms with Gasteiger partial charge in [-0.3, -0.25) is 0 Å². The van der Waals surface area contributed by atoms with Gasteiger partial charge in [0.05, 0.1) is 11.2 Å². The molecule has 0 spiro atoms. The minimum atomic E-state index is -0.391. The molecule has 0 unspecified atom stereocenters. The van der Waals surface area contributed by atoms with Gasteiger partial charge in [-0.1, -0.05) is 41.5 Å². The Hall–Kier alpha value is -1.14. The fourth-order valence-corrected chi connectivity index (χ4v) is 4.51. The number of nitrogens with zero attached hydrogens (tertiary/aromatic N) is 1. The van der Waals surface area contributed by atoms with Crippen molar-refractivity contribution in [3.63, 3.8) is 0 Å². The highest BCUT2D eigenvalue weighted by molar-refractivity contribution is 7.10. The Kier molecular flexibility index (Phi) is 6.56. The monoisotopic (exact) mass is 424 g/mol. The van der Waals surface area contributed by atoms with Gasteiger partial charge in [-0.15, -0.1) is 23.7 Å². The first kappa shape index (κ1) is 23.1. The van der Waals surface area contributed by atoms with Crippen molar-refractivity contribution in [3.05, 3.63) is 33.6 Å². The number of hydrogen-bond acceptors (Lipinski definition) is 5. The standard InChI is InChI=1S/C22H32N2O2S.ClH/c1-20(2,3)15-11-14(12-16(18(15)25)21(4,5)6)17-13-27-19(24-17)22(23)7-9-26-10-8-22;/h11-13,25H,7-10,23H2,1-6H3;1H. The summed E-state index contributed by atoms with van der Waals surface area (Å²) in [5, 5.41) is 14.0. The van der Waals surface area contributed by atoms with Crippen LogP contribution in [0.3, 0.4) is 0 Å². The van der Waals surface area contributed by atoms with Crippen LogP contribution < -0.4 is 5.73 Å². The third-order valence-electron chi connectivity index (χ3n) is 5.34. The van der Waals surface area contributed by atoms with Gasteiger partial charge in [-0.25, -0.2) is 4.98 Å². The molecule has 1 aliphatic rings. The molecule has 4 nitrogen and oxygen atoms in total. The minimum absolute atomic E-state index is 0. The van der Waals surface area contributed by atoms with E-state index in [1.165, 1.54) is 0 Å². The molecule has 156 valence electrons. The number of halogens is 1. The van der Waals surface area contributed by atoms with Gasteiger partial charge < -0.3 is 15.6 Å². The first-order valence-electron chi connectivity index (χ1n) is 9.63. The third kappa shape index (κ3) is 4.54. The Balaban J connectivity index is 0.00000280. The molecule has 6 heteroatoms. The van der Waals surface area contributed by atoms with E-state index in [0.717, 1.165) is 40.2 Å². The van der Waals surface area contributed by atoms with Gasteiger partial charge >= 0.3 is 0 Å². The molecule has 0 bridgehead atoms. The second-order valence-electron chi connectivity index (χ2n) is 9.73. The predicted molar refractivity (Wildman–Crippen MR) is 120 cm³/mol. The van der Waals surface area contributed by atoms with E-state index >= 15 is 0 Å². The zero-order valence-corrected chi connectivity index (χ0v) is 19.4. The lowest BCUT2D eigenvalue weighted by atomic mass is 9.78. The number of phenolic OH excluding ortho intramolecular Hbond substituents is 1. The van der Waals surface area contributed by atoms with Crippen LogP contribution in [-0.2, 0) is 21.1 Å². The van der Waals surface area contributed by atoms with Gasteiger partial charge in [0, 0.05) is 35.3 Å². The number of benzene rings is 1. The lowest BCUT2D eigenvalue weighted by Crippen LogP contribution is -2.42. The fraction of sp³-hybridized carbons (Fsp3) is 0.591. The first-order valence-corrected chi connectivity index (χ1v) is 10.5. The number of hydrogen-bond donors (Lipinski definition) is 2. The van der Waals surface area contributed by atoms with Crippen LogP contribution in [-0.4, -0.2) is 23.3 Å². The van der Waals surface area contributed by atoms with Gasteiger partial charge in [-0.2, -0.15) is 0 Å². The Morgan fingerprint density at radius 1 is 1.04 bits per heavy atom.